The lowest BCUT2D eigenvalue weighted by Crippen LogP contribution is -2.09. The summed E-state index contributed by atoms with van der Waals surface area (Å²) in [4.78, 5) is 13.0. The van der Waals surface area contributed by atoms with Gasteiger partial charge in [-0.25, -0.2) is 4.98 Å². The van der Waals surface area contributed by atoms with Gasteiger partial charge in [0.15, 0.2) is 0 Å². The first-order valence-corrected chi connectivity index (χ1v) is 19.0. The summed E-state index contributed by atoms with van der Waals surface area (Å²) in [5.74, 6) is 0.865. The van der Waals surface area contributed by atoms with Gasteiger partial charge in [-0.3, -0.25) is 9.55 Å². The molecule has 0 aliphatic carbocycles. The van der Waals surface area contributed by atoms with Crippen molar-refractivity contribution in [2.75, 3.05) is 4.90 Å². The van der Waals surface area contributed by atoms with Crippen LogP contribution in [0.25, 0.3) is 82.5 Å². The van der Waals surface area contributed by atoms with E-state index in [1.807, 2.05) is 6.20 Å². The standard InChI is InChI=1S/C52H34N4/c1-3-17-38(18-4-1)55(39-19-5-2-6-20-39)40-29-27-35(28-30-40)52-54-50-46-25-13-11-23-44(46)45-24-12-14-26-47(45)51(50)56(52)41-31-32-48(53-34-41)49-42-21-9-7-15-36(42)33-37-16-8-10-22-43(37)49/h1-34H. The molecule has 0 fully saturated rings. The van der Waals surface area contributed by atoms with Crippen LogP contribution in [0.5, 0.6) is 0 Å². The minimum absolute atomic E-state index is 0.865. The maximum absolute atomic E-state index is 5.51. The highest BCUT2D eigenvalue weighted by atomic mass is 15.1. The van der Waals surface area contributed by atoms with Crippen LogP contribution in [0.1, 0.15) is 0 Å². The summed E-state index contributed by atoms with van der Waals surface area (Å²) in [6.45, 7) is 0. The van der Waals surface area contributed by atoms with Gasteiger partial charge in [0.25, 0.3) is 0 Å². The van der Waals surface area contributed by atoms with E-state index >= 15 is 0 Å². The summed E-state index contributed by atoms with van der Waals surface area (Å²) in [7, 11) is 0. The molecule has 0 bridgehead atoms. The van der Waals surface area contributed by atoms with Crippen molar-refractivity contribution in [3.05, 3.63) is 206 Å². The highest BCUT2D eigenvalue weighted by Crippen LogP contribution is 2.41. The fourth-order valence-corrected chi connectivity index (χ4v) is 8.47. The van der Waals surface area contributed by atoms with Gasteiger partial charge < -0.3 is 4.90 Å². The van der Waals surface area contributed by atoms with Crippen LogP contribution < -0.4 is 4.90 Å². The molecule has 11 aromatic rings. The average molecular weight is 715 g/mol. The number of pyridine rings is 1. The van der Waals surface area contributed by atoms with Crippen molar-refractivity contribution in [1.82, 2.24) is 14.5 Å². The summed E-state index contributed by atoms with van der Waals surface area (Å²) in [5.41, 5.74) is 9.36. The number of imidazole rings is 1. The molecule has 0 N–H and O–H groups in total. The molecule has 262 valence electrons. The lowest BCUT2D eigenvalue weighted by Gasteiger charge is -2.25. The molecule has 0 atom stereocenters. The first kappa shape index (κ1) is 31.9. The predicted octanol–water partition coefficient (Wildman–Crippen LogP) is 13.8. The Bertz CT molecular complexity index is 3130. The Hall–Kier alpha value is -7.56. The highest BCUT2D eigenvalue weighted by Gasteiger charge is 2.22. The third-order valence-corrected chi connectivity index (χ3v) is 11.0. The van der Waals surface area contributed by atoms with Crippen molar-refractivity contribution in [1.29, 1.82) is 0 Å². The second-order valence-corrected chi connectivity index (χ2v) is 14.2. The van der Waals surface area contributed by atoms with Crippen LogP contribution in [0.4, 0.5) is 17.1 Å². The number of rotatable bonds is 6. The number of para-hydroxylation sites is 2. The molecule has 0 aliphatic rings. The van der Waals surface area contributed by atoms with E-state index in [9.17, 15) is 0 Å². The summed E-state index contributed by atoms with van der Waals surface area (Å²) < 4.78 is 2.31. The molecule has 4 heteroatoms. The maximum atomic E-state index is 5.51. The zero-order chi connectivity index (χ0) is 37.0. The van der Waals surface area contributed by atoms with Gasteiger partial charge in [-0.1, -0.05) is 133 Å². The third-order valence-electron chi connectivity index (χ3n) is 11.0. The molecule has 0 radical (unpaired) electrons. The molecular weight excluding hydrogens is 681 g/mol. The van der Waals surface area contributed by atoms with Crippen molar-refractivity contribution in [2.24, 2.45) is 0 Å². The fourth-order valence-electron chi connectivity index (χ4n) is 8.47. The van der Waals surface area contributed by atoms with Crippen molar-refractivity contribution in [3.63, 3.8) is 0 Å². The lowest BCUT2D eigenvalue weighted by atomic mass is 9.94. The number of hydrogen-bond acceptors (Lipinski definition) is 3. The van der Waals surface area contributed by atoms with Crippen LogP contribution >= 0.6 is 0 Å². The Morgan fingerprint density at radius 1 is 0.411 bits per heavy atom. The first-order valence-electron chi connectivity index (χ1n) is 19.0. The topological polar surface area (TPSA) is 34.0 Å². The van der Waals surface area contributed by atoms with E-state index in [2.05, 4.69) is 210 Å². The Labute approximate surface area is 324 Å². The van der Waals surface area contributed by atoms with Crippen molar-refractivity contribution in [2.45, 2.75) is 0 Å². The van der Waals surface area contributed by atoms with Gasteiger partial charge in [0.2, 0.25) is 0 Å². The lowest BCUT2D eigenvalue weighted by molar-refractivity contribution is 1.08. The van der Waals surface area contributed by atoms with Gasteiger partial charge in [-0.05, 0) is 99.0 Å². The minimum Gasteiger partial charge on any atom is -0.311 e. The Balaban J connectivity index is 1.13. The van der Waals surface area contributed by atoms with Gasteiger partial charge in [0.05, 0.1) is 28.6 Å². The van der Waals surface area contributed by atoms with E-state index in [1.165, 1.54) is 32.3 Å². The number of benzene rings is 9. The number of hydrogen-bond donors (Lipinski definition) is 0. The number of aromatic nitrogens is 3. The molecule has 0 saturated carbocycles. The Morgan fingerprint density at radius 2 is 0.911 bits per heavy atom. The van der Waals surface area contributed by atoms with Crippen molar-refractivity contribution in [3.8, 4) is 28.3 Å². The van der Waals surface area contributed by atoms with Crippen LogP contribution in [0.2, 0.25) is 0 Å². The van der Waals surface area contributed by atoms with E-state index in [1.54, 1.807) is 0 Å². The normalized spacial score (nSPS) is 11.6. The van der Waals surface area contributed by atoms with Gasteiger partial charge in [-0.15, -0.1) is 0 Å². The minimum atomic E-state index is 0.865. The maximum Gasteiger partial charge on any atom is 0.145 e. The Kier molecular flexibility index (Phi) is 7.46. The second-order valence-electron chi connectivity index (χ2n) is 14.2. The summed E-state index contributed by atoms with van der Waals surface area (Å²) in [5, 5.41) is 9.47. The predicted molar refractivity (Wildman–Crippen MR) is 234 cm³/mol. The van der Waals surface area contributed by atoms with Gasteiger partial charge in [0.1, 0.15) is 5.82 Å². The van der Waals surface area contributed by atoms with Crippen LogP contribution in [0.3, 0.4) is 0 Å². The van der Waals surface area contributed by atoms with E-state index in [-0.39, 0.29) is 0 Å². The Morgan fingerprint density at radius 3 is 1.50 bits per heavy atom. The molecular formula is C52H34N4. The van der Waals surface area contributed by atoms with Crippen LogP contribution in [0.15, 0.2) is 206 Å². The quantitative estimate of drug-likeness (QED) is 0.127. The highest BCUT2D eigenvalue weighted by molar-refractivity contribution is 6.24. The number of fused-ring (bicyclic) bond motifs is 8. The van der Waals surface area contributed by atoms with Crippen LogP contribution in [-0.4, -0.2) is 14.5 Å². The van der Waals surface area contributed by atoms with Gasteiger partial charge in [-0.2, -0.15) is 0 Å². The molecule has 11 rings (SSSR count). The summed E-state index contributed by atoms with van der Waals surface area (Å²) in [6, 6.07) is 70.9. The molecule has 0 aliphatic heterocycles. The average Bonchev–Trinajstić information content (AvgIpc) is 3.68. The van der Waals surface area contributed by atoms with Crippen LogP contribution in [0, 0.1) is 0 Å². The second kappa shape index (κ2) is 13.1. The van der Waals surface area contributed by atoms with E-state index in [0.29, 0.717) is 0 Å². The fraction of sp³-hybridized carbons (Fsp3) is 0. The van der Waals surface area contributed by atoms with Crippen molar-refractivity contribution >= 4 is 71.2 Å². The first-order chi connectivity index (χ1) is 27.8. The summed E-state index contributed by atoms with van der Waals surface area (Å²) in [6.07, 6.45) is 2.02. The zero-order valence-corrected chi connectivity index (χ0v) is 30.4. The van der Waals surface area contributed by atoms with E-state index in [0.717, 1.165) is 67.2 Å². The van der Waals surface area contributed by atoms with E-state index < -0.39 is 0 Å². The molecule has 0 unspecified atom stereocenters. The molecule has 4 nitrogen and oxygen atoms in total. The smallest absolute Gasteiger partial charge is 0.145 e. The van der Waals surface area contributed by atoms with Crippen molar-refractivity contribution < 1.29 is 0 Å². The molecule has 0 spiro atoms. The summed E-state index contributed by atoms with van der Waals surface area (Å²) >= 11 is 0. The number of nitrogens with zero attached hydrogens (tertiary/aromatic N) is 4. The van der Waals surface area contributed by atoms with Crippen LogP contribution in [-0.2, 0) is 0 Å². The largest absolute Gasteiger partial charge is 0.311 e. The molecule has 2 aromatic heterocycles. The SMILES string of the molecule is c1ccc(N(c2ccccc2)c2ccc(-c3nc4c5ccccc5c5ccccc5c4n3-c3ccc(-c4c5ccccc5cc5ccccc45)nc3)cc2)cc1. The molecule has 0 saturated heterocycles. The van der Waals surface area contributed by atoms with Gasteiger partial charge in [0, 0.05) is 39.0 Å². The molecule has 0 amide bonds. The molecule has 9 aromatic carbocycles. The monoisotopic (exact) mass is 714 g/mol. The van der Waals surface area contributed by atoms with E-state index in [4.69, 9.17) is 9.97 Å². The molecule has 56 heavy (non-hydrogen) atoms. The van der Waals surface area contributed by atoms with Gasteiger partial charge >= 0.3 is 0 Å². The third kappa shape index (κ3) is 5.15. The number of anilines is 3. The molecule has 2 heterocycles. The zero-order valence-electron chi connectivity index (χ0n) is 30.4.